The van der Waals surface area contributed by atoms with Crippen LogP contribution in [0.1, 0.15) is 19.4 Å². The van der Waals surface area contributed by atoms with Gasteiger partial charge in [0.2, 0.25) is 5.91 Å². The van der Waals surface area contributed by atoms with Gasteiger partial charge in [0.25, 0.3) is 0 Å². The summed E-state index contributed by atoms with van der Waals surface area (Å²) in [7, 11) is 3.35. The minimum atomic E-state index is -0.368. The van der Waals surface area contributed by atoms with Crippen molar-refractivity contribution in [2.75, 3.05) is 25.7 Å². The molecule has 19 heavy (non-hydrogen) atoms. The average Bonchev–Trinajstić information content (AvgIpc) is 2.37. The van der Waals surface area contributed by atoms with Crippen molar-refractivity contribution in [2.45, 2.75) is 20.8 Å². The van der Waals surface area contributed by atoms with Gasteiger partial charge in [-0.05, 0) is 36.6 Å². The zero-order valence-corrected chi connectivity index (χ0v) is 12.3. The highest BCUT2D eigenvalue weighted by Crippen LogP contribution is 2.25. The molecule has 1 atom stereocenters. The monoisotopic (exact) mass is 265 g/mol. The topological polar surface area (TPSA) is 49.8 Å². The lowest BCUT2D eigenvalue weighted by Gasteiger charge is -2.25. The third kappa shape index (κ3) is 3.47. The number of anilines is 1. The fourth-order valence-electron chi connectivity index (χ4n) is 2.02. The highest BCUT2D eigenvalue weighted by atomic mass is 16.5. The molecule has 0 aliphatic rings. The van der Waals surface area contributed by atoms with Gasteiger partial charge in [-0.2, -0.15) is 0 Å². The van der Waals surface area contributed by atoms with Gasteiger partial charge in [0, 0.05) is 12.7 Å². The molecule has 4 heteroatoms. The SMILES string of the molecule is COc1ccc(N(C)C(=O)C(CO)C(C)C)cc1C. The zero-order chi connectivity index (χ0) is 14.6. The molecule has 1 amide bonds. The van der Waals surface area contributed by atoms with E-state index in [1.807, 2.05) is 39.0 Å². The second-order valence-electron chi connectivity index (χ2n) is 5.08. The number of carbonyl (C=O) groups excluding carboxylic acids is 1. The molecule has 0 saturated heterocycles. The third-order valence-corrected chi connectivity index (χ3v) is 3.41. The van der Waals surface area contributed by atoms with Gasteiger partial charge in [-0.15, -0.1) is 0 Å². The highest BCUT2D eigenvalue weighted by Gasteiger charge is 2.25. The number of aliphatic hydroxyl groups is 1. The smallest absolute Gasteiger partial charge is 0.232 e. The predicted molar refractivity (Wildman–Crippen MR) is 76.6 cm³/mol. The van der Waals surface area contributed by atoms with Crippen LogP contribution in [0.15, 0.2) is 18.2 Å². The largest absolute Gasteiger partial charge is 0.496 e. The number of amides is 1. The molecule has 106 valence electrons. The molecular weight excluding hydrogens is 242 g/mol. The summed E-state index contributed by atoms with van der Waals surface area (Å²) in [6.07, 6.45) is 0. The first kappa shape index (κ1) is 15.5. The van der Waals surface area contributed by atoms with E-state index < -0.39 is 0 Å². The second-order valence-corrected chi connectivity index (χ2v) is 5.08. The van der Waals surface area contributed by atoms with Crippen molar-refractivity contribution < 1.29 is 14.6 Å². The van der Waals surface area contributed by atoms with E-state index in [0.717, 1.165) is 17.0 Å². The minimum absolute atomic E-state index is 0.0675. The number of hydrogen-bond donors (Lipinski definition) is 1. The van der Waals surface area contributed by atoms with Crippen molar-refractivity contribution in [3.05, 3.63) is 23.8 Å². The van der Waals surface area contributed by atoms with Crippen molar-refractivity contribution in [3.8, 4) is 5.75 Å². The van der Waals surface area contributed by atoms with E-state index in [1.54, 1.807) is 19.1 Å². The van der Waals surface area contributed by atoms with Crippen LogP contribution in [0, 0.1) is 18.8 Å². The van der Waals surface area contributed by atoms with Gasteiger partial charge in [0.15, 0.2) is 0 Å². The maximum absolute atomic E-state index is 12.3. The molecule has 1 unspecified atom stereocenters. The molecule has 0 saturated carbocycles. The van der Waals surface area contributed by atoms with Crippen molar-refractivity contribution in [2.24, 2.45) is 11.8 Å². The molecule has 1 aromatic carbocycles. The van der Waals surface area contributed by atoms with E-state index >= 15 is 0 Å². The molecule has 0 aliphatic carbocycles. The Morgan fingerprint density at radius 2 is 2.05 bits per heavy atom. The number of hydrogen-bond acceptors (Lipinski definition) is 3. The lowest BCUT2D eigenvalue weighted by molar-refractivity contribution is -0.124. The summed E-state index contributed by atoms with van der Waals surface area (Å²) >= 11 is 0. The molecule has 0 bridgehead atoms. The van der Waals surface area contributed by atoms with Gasteiger partial charge < -0.3 is 14.7 Å². The molecule has 0 fully saturated rings. The maximum Gasteiger partial charge on any atom is 0.232 e. The number of aliphatic hydroxyl groups excluding tert-OH is 1. The quantitative estimate of drug-likeness (QED) is 0.888. The van der Waals surface area contributed by atoms with Gasteiger partial charge in [0.05, 0.1) is 19.6 Å². The Morgan fingerprint density at radius 1 is 1.42 bits per heavy atom. The molecule has 1 rings (SSSR count). The first-order valence-electron chi connectivity index (χ1n) is 6.45. The highest BCUT2D eigenvalue weighted by molar-refractivity contribution is 5.94. The van der Waals surface area contributed by atoms with Crippen molar-refractivity contribution in [1.82, 2.24) is 0 Å². The van der Waals surface area contributed by atoms with E-state index in [4.69, 9.17) is 4.74 Å². The van der Waals surface area contributed by atoms with Gasteiger partial charge in [-0.25, -0.2) is 0 Å². The molecule has 1 aromatic rings. The molecule has 0 radical (unpaired) electrons. The molecular formula is C15H23NO3. The summed E-state index contributed by atoms with van der Waals surface area (Å²) < 4.78 is 5.20. The molecule has 0 aliphatic heterocycles. The van der Waals surface area contributed by atoms with Crippen LogP contribution < -0.4 is 9.64 Å². The summed E-state index contributed by atoms with van der Waals surface area (Å²) in [5, 5.41) is 9.33. The van der Waals surface area contributed by atoms with Gasteiger partial charge >= 0.3 is 0 Å². The normalized spacial score (nSPS) is 12.4. The molecule has 0 spiro atoms. The average molecular weight is 265 g/mol. The van der Waals surface area contributed by atoms with E-state index in [-0.39, 0.29) is 24.3 Å². The molecule has 4 nitrogen and oxygen atoms in total. The van der Waals surface area contributed by atoms with Crippen LogP contribution in [-0.2, 0) is 4.79 Å². The first-order valence-corrected chi connectivity index (χ1v) is 6.45. The first-order chi connectivity index (χ1) is 8.92. The predicted octanol–water partition coefficient (Wildman–Crippen LogP) is 2.23. The Bertz CT molecular complexity index is 443. The summed E-state index contributed by atoms with van der Waals surface area (Å²) in [5.74, 6) is 0.473. The fraction of sp³-hybridized carbons (Fsp3) is 0.533. The van der Waals surface area contributed by atoms with Crippen molar-refractivity contribution in [1.29, 1.82) is 0 Å². The summed E-state index contributed by atoms with van der Waals surface area (Å²) in [4.78, 5) is 13.9. The van der Waals surface area contributed by atoms with Gasteiger partial charge in [-0.1, -0.05) is 13.8 Å². The molecule has 0 heterocycles. The number of carbonyl (C=O) groups is 1. The standard InChI is InChI=1S/C15H23NO3/c1-10(2)13(9-17)15(18)16(4)12-6-7-14(19-5)11(3)8-12/h6-8,10,13,17H,9H2,1-5H3. The number of rotatable bonds is 5. The van der Waals surface area contributed by atoms with E-state index in [1.165, 1.54) is 0 Å². The van der Waals surface area contributed by atoms with Crippen LogP contribution in [0.4, 0.5) is 5.69 Å². The fourth-order valence-corrected chi connectivity index (χ4v) is 2.02. The zero-order valence-electron chi connectivity index (χ0n) is 12.3. The van der Waals surface area contributed by atoms with Crippen molar-refractivity contribution in [3.63, 3.8) is 0 Å². The minimum Gasteiger partial charge on any atom is -0.496 e. The number of ether oxygens (including phenoxy) is 1. The number of benzene rings is 1. The van der Waals surface area contributed by atoms with Crippen LogP contribution in [0.5, 0.6) is 5.75 Å². The van der Waals surface area contributed by atoms with Crippen LogP contribution in [0.2, 0.25) is 0 Å². The number of nitrogens with zero attached hydrogens (tertiary/aromatic N) is 1. The van der Waals surface area contributed by atoms with Crippen molar-refractivity contribution >= 4 is 11.6 Å². The van der Waals surface area contributed by atoms with E-state index in [9.17, 15) is 9.90 Å². The van der Waals surface area contributed by atoms with Crippen LogP contribution in [0.25, 0.3) is 0 Å². The van der Waals surface area contributed by atoms with Crippen LogP contribution in [0.3, 0.4) is 0 Å². The van der Waals surface area contributed by atoms with Gasteiger partial charge in [-0.3, -0.25) is 4.79 Å². The van der Waals surface area contributed by atoms with Gasteiger partial charge in [0.1, 0.15) is 5.75 Å². The summed E-state index contributed by atoms with van der Waals surface area (Å²) in [6.45, 7) is 5.68. The van der Waals surface area contributed by atoms with Crippen LogP contribution >= 0.6 is 0 Å². The molecule has 0 aromatic heterocycles. The Morgan fingerprint density at radius 3 is 2.47 bits per heavy atom. The number of methoxy groups -OCH3 is 1. The Balaban J connectivity index is 2.96. The summed E-state index contributed by atoms with van der Waals surface area (Å²) in [5.41, 5.74) is 1.78. The summed E-state index contributed by atoms with van der Waals surface area (Å²) in [6, 6.07) is 5.60. The number of aryl methyl sites for hydroxylation is 1. The Kier molecular flexibility index (Phi) is 5.36. The molecule has 1 N–H and O–H groups in total. The van der Waals surface area contributed by atoms with E-state index in [2.05, 4.69) is 0 Å². The second kappa shape index (κ2) is 6.57. The lowest BCUT2D eigenvalue weighted by atomic mass is 9.95. The van der Waals surface area contributed by atoms with Crippen LogP contribution in [-0.4, -0.2) is 31.8 Å². The third-order valence-electron chi connectivity index (χ3n) is 3.41. The Labute approximate surface area is 115 Å². The Hall–Kier alpha value is -1.55. The lowest BCUT2D eigenvalue weighted by Crippen LogP contribution is -2.37. The van der Waals surface area contributed by atoms with E-state index in [0.29, 0.717) is 0 Å². The maximum atomic E-state index is 12.3.